The van der Waals surface area contributed by atoms with Crippen LogP contribution in [0.25, 0.3) is 32.9 Å². The zero-order chi connectivity index (χ0) is 24.3. The summed E-state index contributed by atoms with van der Waals surface area (Å²) in [4.78, 5) is 23.4. The molecule has 1 amide bonds. The number of aryl methyl sites for hydroxylation is 1. The molecule has 5 aromatic rings. The van der Waals surface area contributed by atoms with Crippen molar-refractivity contribution in [2.75, 3.05) is 19.4 Å². The van der Waals surface area contributed by atoms with Crippen molar-refractivity contribution in [1.82, 2.24) is 24.6 Å². The second kappa shape index (κ2) is 7.76. The molecule has 1 aliphatic heterocycles. The van der Waals surface area contributed by atoms with Gasteiger partial charge in [0.1, 0.15) is 18.2 Å². The number of carbonyl (C=O) groups is 1. The highest BCUT2D eigenvalue weighted by Crippen LogP contribution is 2.39. The first-order valence-corrected chi connectivity index (χ1v) is 11.1. The maximum Gasteiger partial charge on any atom is 0.254 e. The van der Waals surface area contributed by atoms with Gasteiger partial charge in [-0.2, -0.15) is 9.49 Å². The van der Waals surface area contributed by atoms with Gasteiger partial charge in [-0.15, -0.1) is 0 Å². The third-order valence-electron chi connectivity index (χ3n) is 6.57. The molecule has 0 saturated heterocycles. The Morgan fingerprint density at radius 1 is 1.11 bits per heavy atom. The van der Waals surface area contributed by atoms with Crippen molar-refractivity contribution in [2.24, 2.45) is 7.05 Å². The second-order valence-corrected chi connectivity index (χ2v) is 8.62. The minimum Gasteiger partial charge on any atom is -0.491 e. The first-order valence-electron chi connectivity index (χ1n) is 11.1. The van der Waals surface area contributed by atoms with Gasteiger partial charge >= 0.3 is 0 Å². The number of rotatable bonds is 3. The van der Waals surface area contributed by atoms with Gasteiger partial charge in [-0.1, -0.05) is 12.1 Å². The Morgan fingerprint density at radius 3 is 2.74 bits per heavy atom. The van der Waals surface area contributed by atoms with Crippen LogP contribution in [0.4, 0.5) is 10.2 Å². The van der Waals surface area contributed by atoms with E-state index in [1.807, 2.05) is 31.3 Å². The number of aromatic nitrogens is 4. The zero-order valence-electron chi connectivity index (χ0n) is 19.1. The summed E-state index contributed by atoms with van der Waals surface area (Å²) in [6.07, 6.45) is 3.17. The molecule has 2 aromatic carbocycles. The third-order valence-corrected chi connectivity index (χ3v) is 6.57. The largest absolute Gasteiger partial charge is 0.491 e. The number of likely N-dealkylation sites (N-methyl/N-ethyl adjacent to an activating group) is 1. The summed E-state index contributed by atoms with van der Waals surface area (Å²) in [7, 11) is 3.61. The lowest BCUT2D eigenvalue weighted by atomic mass is 10.0. The molecule has 35 heavy (non-hydrogen) atoms. The molecule has 0 unspecified atom stereocenters. The van der Waals surface area contributed by atoms with E-state index in [2.05, 4.69) is 15.1 Å². The van der Waals surface area contributed by atoms with E-state index in [1.54, 1.807) is 41.0 Å². The molecule has 6 rings (SSSR count). The van der Waals surface area contributed by atoms with E-state index in [4.69, 9.17) is 10.5 Å². The number of pyridine rings is 2. The summed E-state index contributed by atoms with van der Waals surface area (Å²) in [6.45, 7) is 0.348. The predicted octanol–water partition coefficient (Wildman–Crippen LogP) is 4.11. The van der Waals surface area contributed by atoms with Crippen LogP contribution < -0.4 is 10.5 Å². The topological polar surface area (TPSA) is 99.2 Å². The summed E-state index contributed by atoms with van der Waals surface area (Å²) in [6, 6.07) is 13.9. The maximum absolute atomic E-state index is 13.5. The normalized spacial score (nSPS) is 14.8. The van der Waals surface area contributed by atoms with Crippen molar-refractivity contribution in [3.8, 4) is 16.9 Å². The van der Waals surface area contributed by atoms with E-state index in [-0.39, 0.29) is 11.9 Å². The number of halogens is 1. The predicted molar refractivity (Wildman–Crippen MR) is 130 cm³/mol. The number of hydrogen-bond donors (Lipinski definition) is 1. The smallest absolute Gasteiger partial charge is 0.254 e. The van der Waals surface area contributed by atoms with Gasteiger partial charge in [0.15, 0.2) is 0 Å². The Balaban J connectivity index is 1.32. The van der Waals surface area contributed by atoms with Crippen LogP contribution in [-0.2, 0) is 7.05 Å². The Kier molecular flexibility index (Phi) is 4.67. The van der Waals surface area contributed by atoms with Gasteiger partial charge in [0.05, 0.1) is 28.7 Å². The molecule has 0 fully saturated rings. The standard InChI is InChI=1S/C26H21FN6O2/c1-32(21-13-35-22-10-14(3-6-17(21)22)16-5-8-23(27)29-11-16)26(34)15-4-7-20-18(9-15)24-19(25(28)31-20)12-30-33(24)2/h3-12,21H,13H2,1-2H3,(H2,28,31)/t21-/m1/s1. The van der Waals surface area contributed by atoms with Crippen LogP contribution in [0.5, 0.6) is 5.75 Å². The number of amides is 1. The number of nitrogen functional groups attached to an aromatic ring is 1. The first kappa shape index (κ1) is 21.0. The Labute approximate surface area is 199 Å². The Bertz CT molecular complexity index is 1630. The fourth-order valence-electron chi connectivity index (χ4n) is 4.68. The lowest BCUT2D eigenvalue weighted by Gasteiger charge is -2.24. The molecule has 1 aliphatic rings. The molecule has 9 heteroatoms. The van der Waals surface area contributed by atoms with Gasteiger partial charge in [-0.25, -0.2) is 9.97 Å². The molecule has 2 N–H and O–H groups in total. The van der Waals surface area contributed by atoms with Gasteiger partial charge in [0, 0.05) is 42.4 Å². The van der Waals surface area contributed by atoms with Crippen molar-refractivity contribution in [3.63, 3.8) is 0 Å². The summed E-state index contributed by atoms with van der Waals surface area (Å²) < 4.78 is 20.8. The van der Waals surface area contributed by atoms with E-state index in [0.717, 1.165) is 33.0 Å². The van der Waals surface area contributed by atoms with Crippen molar-refractivity contribution in [2.45, 2.75) is 6.04 Å². The van der Waals surface area contributed by atoms with Crippen LogP contribution in [0, 0.1) is 5.95 Å². The molecule has 8 nitrogen and oxygen atoms in total. The molecular formula is C26H21FN6O2. The third kappa shape index (κ3) is 3.35. The van der Waals surface area contributed by atoms with Crippen LogP contribution in [0.1, 0.15) is 22.0 Å². The highest BCUT2D eigenvalue weighted by atomic mass is 19.1. The van der Waals surface area contributed by atoms with Crippen LogP contribution in [0.3, 0.4) is 0 Å². The van der Waals surface area contributed by atoms with E-state index in [9.17, 15) is 9.18 Å². The lowest BCUT2D eigenvalue weighted by Crippen LogP contribution is -2.32. The first-order chi connectivity index (χ1) is 16.9. The number of benzene rings is 2. The second-order valence-electron chi connectivity index (χ2n) is 8.62. The SMILES string of the molecule is CN(C(=O)c1ccc2nc(N)c3cnn(C)c3c2c1)[C@@H]1COc2cc(-c3ccc(F)nc3)ccc21. The fraction of sp³-hybridized carbons (Fsp3) is 0.154. The number of ether oxygens (including phenoxy) is 1. The Hall–Kier alpha value is -4.53. The number of hydrogen-bond acceptors (Lipinski definition) is 6. The molecule has 3 aromatic heterocycles. The molecule has 0 aliphatic carbocycles. The van der Waals surface area contributed by atoms with E-state index >= 15 is 0 Å². The van der Waals surface area contributed by atoms with Gasteiger partial charge in [-0.05, 0) is 42.0 Å². The van der Waals surface area contributed by atoms with Gasteiger partial charge in [-0.3, -0.25) is 9.48 Å². The van der Waals surface area contributed by atoms with Crippen molar-refractivity contribution < 1.29 is 13.9 Å². The van der Waals surface area contributed by atoms with E-state index < -0.39 is 5.95 Å². The summed E-state index contributed by atoms with van der Waals surface area (Å²) in [5.74, 6) is 0.453. The summed E-state index contributed by atoms with van der Waals surface area (Å²) in [5, 5.41) is 5.87. The monoisotopic (exact) mass is 468 g/mol. The maximum atomic E-state index is 13.5. The number of fused-ring (bicyclic) bond motifs is 4. The van der Waals surface area contributed by atoms with Gasteiger partial charge < -0.3 is 15.4 Å². The minimum atomic E-state index is -0.525. The average Bonchev–Trinajstić information content (AvgIpc) is 3.47. The number of carbonyl (C=O) groups excluding carboxylic acids is 1. The van der Waals surface area contributed by atoms with Crippen molar-refractivity contribution in [3.05, 3.63) is 78.0 Å². The number of anilines is 1. The highest BCUT2D eigenvalue weighted by molar-refractivity contribution is 6.10. The van der Waals surface area contributed by atoms with Crippen LogP contribution in [0.15, 0.2) is 60.9 Å². The highest BCUT2D eigenvalue weighted by Gasteiger charge is 2.31. The molecule has 0 bridgehead atoms. The van der Waals surface area contributed by atoms with Gasteiger partial charge in [0.25, 0.3) is 5.91 Å². The molecule has 0 spiro atoms. The molecule has 174 valence electrons. The quantitative estimate of drug-likeness (QED) is 0.400. The minimum absolute atomic E-state index is 0.132. The van der Waals surface area contributed by atoms with Crippen LogP contribution >= 0.6 is 0 Å². The summed E-state index contributed by atoms with van der Waals surface area (Å²) in [5.41, 5.74) is 10.7. The van der Waals surface area contributed by atoms with Gasteiger partial charge in [0.2, 0.25) is 5.95 Å². The van der Waals surface area contributed by atoms with Crippen LogP contribution in [0.2, 0.25) is 0 Å². The lowest BCUT2D eigenvalue weighted by molar-refractivity contribution is 0.0708. The molecule has 4 heterocycles. The number of nitrogens with two attached hydrogens (primary N) is 1. The molecule has 1 atom stereocenters. The molecule has 0 saturated carbocycles. The van der Waals surface area contributed by atoms with Crippen molar-refractivity contribution in [1.29, 1.82) is 0 Å². The van der Waals surface area contributed by atoms with Crippen molar-refractivity contribution >= 4 is 33.5 Å². The fourth-order valence-corrected chi connectivity index (χ4v) is 4.68. The summed E-state index contributed by atoms with van der Waals surface area (Å²) >= 11 is 0. The zero-order valence-corrected chi connectivity index (χ0v) is 19.1. The molecular weight excluding hydrogens is 447 g/mol. The Morgan fingerprint density at radius 2 is 1.94 bits per heavy atom. The number of nitrogens with zero attached hydrogens (tertiary/aromatic N) is 5. The van der Waals surface area contributed by atoms with E-state index in [1.165, 1.54) is 12.3 Å². The van der Waals surface area contributed by atoms with E-state index in [0.29, 0.717) is 29.3 Å². The van der Waals surface area contributed by atoms with Crippen LogP contribution in [-0.4, -0.2) is 44.2 Å². The average molecular weight is 468 g/mol. The molecule has 0 radical (unpaired) electrons.